The lowest BCUT2D eigenvalue weighted by Gasteiger charge is -2.07. The van der Waals surface area contributed by atoms with E-state index < -0.39 is 0 Å². The van der Waals surface area contributed by atoms with Crippen molar-refractivity contribution in [1.82, 2.24) is 4.40 Å². The maximum absolute atomic E-state index is 2.28. The Morgan fingerprint density at radius 3 is 2.57 bits per heavy atom. The van der Waals surface area contributed by atoms with Crippen molar-refractivity contribution in [3.63, 3.8) is 0 Å². The summed E-state index contributed by atoms with van der Waals surface area (Å²) in [5, 5.41) is 1.28. The monoisotopic (exact) mass is 273 g/mol. The minimum Gasteiger partial charge on any atom is -0.316 e. The van der Waals surface area contributed by atoms with Crippen molar-refractivity contribution < 1.29 is 4.57 Å². The molecule has 0 aliphatic heterocycles. The minimum atomic E-state index is 1.24. The van der Waals surface area contributed by atoms with E-state index in [1.54, 1.807) is 0 Å². The second-order valence-corrected chi connectivity index (χ2v) is 5.53. The van der Waals surface area contributed by atoms with Gasteiger partial charge in [0.15, 0.2) is 6.20 Å². The molecule has 21 heavy (non-hydrogen) atoms. The molecule has 0 unspecified atom stereocenters. The van der Waals surface area contributed by atoms with E-state index in [1.807, 2.05) is 0 Å². The maximum Gasteiger partial charge on any atom is 0.214 e. The van der Waals surface area contributed by atoms with Gasteiger partial charge in [-0.1, -0.05) is 18.2 Å². The fourth-order valence-electron chi connectivity index (χ4n) is 3.12. The molecule has 3 aromatic heterocycles. The largest absolute Gasteiger partial charge is 0.316 e. The van der Waals surface area contributed by atoms with Crippen LogP contribution in [0.15, 0.2) is 67.0 Å². The van der Waals surface area contributed by atoms with Crippen LogP contribution in [-0.2, 0) is 7.05 Å². The van der Waals surface area contributed by atoms with Gasteiger partial charge < -0.3 is 4.40 Å². The highest BCUT2D eigenvalue weighted by Crippen LogP contribution is 2.30. The molecular formula is C19H17N2+. The van der Waals surface area contributed by atoms with Gasteiger partial charge in [0.05, 0.1) is 16.6 Å². The van der Waals surface area contributed by atoms with Gasteiger partial charge in [-0.3, -0.25) is 0 Å². The van der Waals surface area contributed by atoms with E-state index in [2.05, 4.69) is 89.9 Å². The van der Waals surface area contributed by atoms with Crippen molar-refractivity contribution in [2.24, 2.45) is 7.05 Å². The third kappa shape index (κ3) is 1.76. The smallest absolute Gasteiger partial charge is 0.214 e. The zero-order valence-corrected chi connectivity index (χ0v) is 12.2. The second-order valence-electron chi connectivity index (χ2n) is 5.53. The molecule has 0 N–H and O–H groups in total. The number of fused-ring (bicyclic) bond motifs is 3. The van der Waals surface area contributed by atoms with E-state index in [9.17, 15) is 0 Å². The van der Waals surface area contributed by atoms with E-state index in [1.165, 1.54) is 33.2 Å². The number of aryl methyl sites for hydroxylation is 2. The first-order valence-electron chi connectivity index (χ1n) is 7.20. The van der Waals surface area contributed by atoms with Gasteiger partial charge in [0, 0.05) is 23.7 Å². The Bertz CT molecular complexity index is 964. The molecule has 2 nitrogen and oxygen atoms in total. The molecule has 0 bridgehead atoms. The normalized spacial score (nSPS) is 11.3. The van der Waals surface area contributed by atoms with Crippen LogP contribution >= 0.6 is 0 Å². The second kappa shape index (κ2) is 4.45. The Kier molecular flexibility index (Phi) is 2.58. The van der Waals surface area contributed by atoms with Gasteiger partial charge in [0.2, 0.25) is 5.69 Å². The van der Waals surface area contributed by atoms with Crippen molar-refractivity contribution in [2.45, 2.75) is 6.92 Å². The molecule has 0 radical (unpaired) electrons. The number of hydrogen-bond acceptors (Lipinski definition) is 0. The van der Waals surface area contributed by atoms with Crippen LogP contribution in [0.5, 0.6) is 0 Å². The Labute approximate surface area is 123 Å². The summed E-state index contributed by atoms with van der Waals surface area (Å²) in [5.41, 5.74) is 6.36. The third-order valence-electron chi connectivity index (χ3n) is 4.18. The van der Waals surface area contributed by atoms with Crippen molar-refractivity contribution in [2.75, 3.05) is 0 Å². The molecule has 4 rings (SSSR count). The first-order chi connectivity index (χ1) is 10.3. The van der Waals surface area contributed by atoms with Crippen LogP contribution in [0, 0.1) is 6.92 Å². The number of pyridine rings is 2. The topological polar surface area (TPSA) is 8.29 Å². The van der Waals surface area contributed by atoms with Gasteiger partial charge in [-0.25, -0.2) is 4.57 Å². The van der Waals surface area contributed by atoms with Crippen molar-refractivity contribution >= 4 is 16.4 Å². The predicted octanol–water partition coefficient (Wildman–Crippen LogP) is 3.89. The molecule has 0 saturated heterocycles. The highest BCUT2D eigenvalue weighted by Gasteiger charge is 2.16. The Balaban J connectivity index is 2.18. The number of aromatic nitrogens is 2. The molecule has 0 aliphatic carbocycles. The zero-order chi connectivity index (χ0) is 14.4. The summed E-state index contributed by atoms with van der Waals surface area (Å²) < 4.78 is 4.46. The first-order valence-corrected chi connectivity index (χ1v) is 7.20. The molecule has 0 saturated carbocycles. The van der Waals surface area contributed by atoms with Crippen LogP contribution in [0.2, 0.25) is 0 Å². The molecule has 0 atom stereocenters. The van der Waals surface area contributed by atoms with Crippen LogP contribution in [0.1, 0.15) is 5.56 Å². The molecule has 4 aromatic rings. The Morgan fingerprint density at radius 2 is 1.71 bits per heavy atom. The Hall–Kier alpha value is -2.61. The molecule has 3 heterocycles. The third-order valence-corrected chi connectivity index (χ3v) is 4.18. The maximum atomic E-state index is 2.28. The molecular weight excluding hydrogens is 256 g/mol. The van der Waals surface area contributed by atoms with Crippen molar-refractivity contribution in [3.8, 4) is 11.3 Å². The summed E-state index contributed by atoms with van der Waals surface area (Å²) in [7, 11) is 2.10. The van der Waals surface area contributed by atoms with E-state index in [4.69, 9.17) is 0 Å². The molecule has 0 amide bonds. The van der Waals surface area contributed by atoms with E-state index >= 15 is 0 Å². The van der Waals surface area contributed by atoms with Crippen molar-refractivity contribution in [3.05, 3.63) is 72.6 Å². The summed E-state index contributed by atoms with van der Waals surface area (Å²) in [6, 6.07) is 19.4. The average Bonchev–Trinajstić information content (AvgIpc) is 2.87. The predicted molar refractivity (Wildman–Crippen MR) is 86.3 cm³/mol. The molecule has 0 spiro atoms. The number of rotatable bonds is 1. The van der Waals surface area contributed by atoms with Crippen LogP contribution in [0.3, 0.4) is 0 Å². The summed E-state index contributed by atoms with van der Waals surface area (Å²) in [6.07, 6.45) is 4.26. The van der Waals surface area contributed by atoms with Crippen molar-refractivity contribution in [1.29, 1.82) is 0 Å². The quantitative estimate of drug-likeness (QED) is 0.465. The number of nitrogens with zero attached hydrogens (tertiary/aromatic N) is 2. The lowest BCUT2D eigenvalue weighted by atomic mass is 10.0. The molecule has 0 fully saturated rings. The van der Waals surface area contributed by atoms with E-state index in [0.717, 1.165) is 0 Å². The minimum absolute atomic E-state index is 1.24. The first kappa shape index (κ1) is 12.2. The van der Waals surface area contributed by atoms with Crippen LogP contribution < -0.4 is 4.57 Å². The number of para-hydroxylation sites is 1. The number of hydrogen-bond donors (Lipinski definition) is 0. The van der Waals surface area contributed by atoms with Gasteiger partial charge in [-0.2, -0.15) is 0 Å². The van der Waals surface area contributed by atoms with Crippen LogP contribution in [-0.4, -0.2) is 4.40 Å². The van der Waals surface area contributed by atoms with Gasteiger partial charge in [0.25, 0.3) is 0 Å². The van der Waals surface area contributed by atoms with Gasteiger partial charge in [0.1, 0.15) is 7.05 Å². The van der Waals surface area contributed by atoms with E-state index in [0.29, 0.717) is 0 Å². The van der Waals surface area contributed by atoms with Gasteiger partial charge in [-0.05, 0) is 36.8 Å². The zero-order valence-electron chi connectivity index (χ0n) is 12.2. The van der Waals surface area contributed by atoms with Gasteiger partial charge >= 0.3 is 0 Å². The lowest BCUT2D eigenvalue weighted by molar-refractivity contribution is -0.660. The van der Waals surface area contributed by atoms with Crippen LogP contribution in [0.25, 0.3) is 27.7 Å². The highest BCUT2D eigenvalue weighted by atomic mass is 14.9. The summed E-state index contributed by atoms with van der Waals surface area (Å²) in [6.45, 7) is 2.18. The van der Waals surface area contributed by atoms with Crippen LogP contribution in [0.4, 0.5) is 0 Å². The summed E-state index contributed by atoms with van der Waals surface area (Å²) in [5.74, 6) is 0. The lowest BCUT2D eigenvalue weighted by Crippen LogP contribution is -2.30. The molecule has 0 aliphatic rings. The summed E-state index contributed by atoms with van der Waals surface area (Å²) in [4.78, 5) is 0. The van der Waals surface area contributed by atoms with E-state index in [-0.39, 0.29) is 0 Å². The highest BCUT2D eigenvalue weighted by molar-refractivity contribution is 5.93. The fraction of sp³-hybridized carbons (Fsp3) is 0.105. The standard InChI is InChI=1S/C19H17N2/c1-14-10-12-21-16-8-4-3-7-15(16)13-18(21)19(14)17-9-5-6-11-20(17)2/h3-13H,1-2H3/q+1. The van der Waals surface area contributed by atoms with Gasteiger partial charge in [-0.15, -0.1) is 0 Å². The summed E-state index contributed by atoms with van der Waals surface area (Å²) >= 11 is 0. The average molecular weight is 273 g/mol. The molecule has 2 heteroatoms. The number of benzene rings is 1. The molecule has 102 valence electrons. The molecule has 1 aromatic carbocycles. The Morgan fingerprint density at radius 1 is 0.905 bits per heavy atom. The SMILES string of the molecule is Cc1ccn2c(cc3ccccc32)c1-c1cccc[n+]1C. The fourth-order valence-corrected chi connectivity index (χ4v) is 3.12.